The number of fused-ring (bicyclic) bond motifs is 2. The van der Waals surface area contributed by atoms with Gasteiger partial charge < -0.3 is 77.6 Å². The third-order valence-corrected chi connectivity index (χ3v) is 21.7. The van der Waals surface area contributed by atoms with Gasteiger partial charge in [-0.05, 0) is 125 Å². The third-order valence-electron chi connectivity index (χ3n) is 17.4. The van der Waals surface area contributed by atoms with Crippen LogP contribution in [-0.2, 0) is 85.1 Å². The van der Waals surface area contributed by atoms with Crippen molar-refractivity contribution in [3.05, 3.63) is 174 Å². The normalized spacial score (nSPS) is 13.1. The number of carboxylic acids is 2. The van der Waals surface area contributed by atoms with Crippen LogP contribution in [-0.4, -0.2) is 179 Å². The van der Waals surface area contributed by atoms with E-state index in [-0.39, 0.29) is 79.1 Å². The number of aromatic amines is 2. The molecule has 0 saturated carbocycles. The van der Waals surface area contributed by atoms with Gasteiger partial charge in [-0.1, -0.05) is 54.4 Å². The lowest BCUT2D eigenvalue weighted by molar-refractivity contribution is -0.139. The van der Waals surface area contributed by atoms with Crippen LogP contribution < -0.4 is 68.6 Å². The summed E-state index contributed by atoms with van der Waals surface area (Å²) in [7, 11) is -13.9. The van der Waals surface area contributed by atoms with Gasteiger partial charge in [0.2, 0.25) is 54.5 Å². The number of rotatable bonds is 39. The van der Waals surface area contributed by atoms with Gasteiger partial charge in [0.05, 0.1) is 26.9 Å². The number of aryl methyl sites for hydroxylation is 8. The van der Waals surface area contributed by atoms with E-state index in [0.29, 0.717) is 56.3 Å². The fourth-order valence-corrected chi connectivity index (χ4v) is 16.3. The molecule has 0 aliphatic rings. The number of carboxylic acid groups (broad SMARTS) is 2. The minimum Gasteiger partial charge on any atom is -0.480 e. The van der Waals surface area contributed by atoms with Crippen LogP contribution in [0, 0.1) is 41.5 Å². The van der Waals surface area contributed by atoms with Gasteiger partial charge in [-0.2, -0.15) is 17.9 Å². The number of pyridine rings is 2. The van der Waals surface area contributed by atoms with Crippen molar-refractivity contribution in [2.75, 3.05) is 42.6 Å². The number of hydrogen-bond donors (Lipinski definition) is 16. The molecule has 5 atom stereocenters. The highest BCUT2D eigenvalue weighted by atomic mass is 32.2. The molecule has 0 radical (unpaired) electrons. The molecule has 109 heavy (non-hydrogen) atoms. The van der Waals surface area contributed by atoms with Crippen molar-refractivity contribution in [1.29, 1.82) is 0 Å². The highest BCUT2D eigenvalue weighted by molar-refractivity contribution is 7.90. The molecule has 0 saturated heterocycles. The van der Waals surface area contributed by atoms with Crippen LogP contribution in [0.5, 0.6) is 0 Å². The SMILES string of the molecule is CC[C@H](NC(=O)CC[C@H](N)C(=O)N[C@@H](CS(=O)(=O)O)C(=O)NCCCn1cc(C(=O)NCC(NS(=O)(=O)c2c(C)cc(C)cc2C)C(=O)O)c(=O)c2ccc(CNc3ncc[nH]3)cc21)C(=O)NCCCn1cc(C(=O)NCC(NS(=O)(=O)c2c(C)cc(C)cc2C)C(=O)O)c(=O)c2ccc(CNc3ncc[nH]3)cc21. The Morgan fingerprint density at radius 2 is 0.963 bits per heavy atom. The predicted octanol–water partition coefficient (Wildman–Crippen LogP) is 1.25. The van der Waals surface area contributed by atoms with E-state index in [1.807, 2.05) is 0 Å². The largest absolute Gasteiger partial charge is 0.480 e. The number of nitrogens with two attached hydrogens (primary N) is 1. The Morgan fingerprint density at radius 1 is 0.550 bits per heavy atom. The van der Waals surface area contributed by atoms with E-state index in [4.69, 9.17) is 5.73 Å². The van der Waals surface area contributed by atoms with Crippen molar-refractivity contribution < 1.29 is 78.4 Å². The Morgan fingerprint density at radius 3 is 1.34 bits per heavy atom. The summed E-state index contributed by atoms with van der Waals surface area (Å²) in [5.41, 5.74) is 8.79. The molecule has 8 rings (SSSR count). The molecule has 584 valence electrons. The smallest absolute Gasteiger partial charge is 0.323 e. The molecule has 4 heterocycles. The van der Waals surface area contributed by atoms with Gasteiger partial charge in [0.1, 0.15) is 41.0 Å². The lowest BCUT2D eigenvalue weighted by Gasteiger charge is -2.21. The van der Waals surface area contributed by atoms with E-state index in [9.17, 15) is 88.0 Å². The molecule has 39 heteroatoms. The highest BCUT2D eigenvalue weighted by Gasteiger charge is 2.33. The molecule has 8 aromatic rings. The number of carbonyl (C=O) groups excluding carboxylic acids is 6. The second-order valence-corrected chi connectivity index (χ2v) is 30.9. The number of nitrogens with one attached hydrogen (secondary N) is 12. The molecule has 2 unspecified atom stereocenters. The minimum atomic E-state index is -4.97. The van der Waals surface area contributed by atoms with Gasteiger partial charge in [0.25, 0.3) is 21.9 Å². The van der Waals surface area contributed by atoms with Crippen molar-refractivity contribution in [3.63, 3.8) is 0 Å². The van der Waals surface area contributed by atoms with E-state index in [1.54, 1.807) is 120 Å². The fourth-order valence-electron chi connectivity index (χ4n) is 12.4. The molecule has 0 bridgehead atoms. The average Bonchev–Trinajstić information content (AvgIpc) is 1.02. The van der Waals surface area contributed by atoms with Crippen LogP contribution in [0.1, 0.15) is 104 Å². The maximum atomic E-state index is 14.0. The number of aromatic nitrogens is 6. The van der Waals surface area contributed by atoms with Crippen molar-refractivity contribution in [2.45, 2.75) is 147 Å². The molecule has 4 aromatic heterocycles. The zero-order valence-corrected chi connectivity index (χ0v) is 62.9. The lowest BCUT2D eigenvalue weighted by Crippen LogP contribution is -2.54. The number of anilines is 2. The van der Waals surface area contributed by atoms with E-state index < -0.39 is 161 Å². The van der Waals surface area contributed by atoms with E-state index in [2.05, 4.69) is 71.9 Å². The maximum absolute atomic E-state index is 14.0. The van der Waals surface area contributed by atoms with Gasteiger partial charge in [-0.25, -0.2) is 26.8 Å². The summed E-state index contributed by atoms with van der Waals surface area (Å²) in [5.74, 6) is -9.27. The van der Waals surface area contributed by atoms with E-state index in [1.165, 1.54) is 35.3 Å². The first-order chi connectivity index (χ1) is 51.4. The number of hydrogen-bond acceptors (Lipinski definition) is 21. The number of carbonyl (C=O) groups is 8. The predicted molar refractivity (Wildman–Crippen MR) is 401 cm³/mol. The number of sulfonamides is 2. The molecule has 17 N–H and O–H groups in total. The maximum Gasteiger partial charge on any atom is 0.323 e. The van der Waals surface area contributed by atoms with Crippen LogP contribution in [0.15, 0.2) is 117 Å². The molecule has 0 aliphatic carbocycles. The van der Waals surface area contributed by atoms with Gasteiger partial charge in [-0.3, -0.25) is 52.5 Å². The Balaban J connectivity index is 0.864. The Kier molecular flexibility index (Phi) is 28.0. The van der Waals surface area contributed by atoms with E-state index >= 15 is 0 Å². The number of imidazole rings is 2. The van der Waals surface area contributed by atoms with Gasteiger partial charge >= 0.3 is 11.9 Å². The highest BCUT2D eigenvalue weighted by Crippen LogP contribution is 2.25. The second-order valence-electron chi connectivity index (χ2n) is 26.1. The van der Waals surface area contributed by atoms with Crippen molar-refractivity contribution >= 4 is 111 Å². The Hall–Kier alpha value is -11.2. The number of aliphatic carboxylic acids is 2. The quantitative estimate of drug-likeness (QED) is 0.0190. The summed E-state index contributed by atoms with van der Waals surface area (Å²) in [6.45, 7) is 10.0. The summed E-state index contributed by atoms with van der Waals surface area (Å²) >= 11 is 0. The van der Waals surface area contributed by atoms with Crippen LogP contribution in [0.3, 0.4) is 0 Å². The van der Waals surface area contributed by atoms with E-state index in [0.717, 1.165) is 11.1 Å². The third kappa shape index (κ3) is 22.4. The summed E-state index contributed by atoms with van der Waals surface area (Å²) in [6, 6.07) is 7.72. The van der Waals surface area contributed by atoms with Crippen LogP contribution in [0.25, 0.3) is 21.8 Å². The topological polar surface area (TPSA) is 547 Å². The second kappa shape index (κ2) is 36.6. The average molecular weight is 1570 g/mol. The molecule has 0 aliphatic heterocycles. The molecular formula is C70H87N17O19S3. The number of amides is 6. The number of benzene rings is 4. The first kappa shape index (κ1) is 83.4. The van der Waals surface area contributed by atoms with Crippen molar-refractivity contribution in [3.8, 4) is 0 Å². The fraction of sp³-hybridized carbons (Fsp3) is 0.371. The Bertz CT molecular complexity index is 5200. The first-order valence-electron chi connectivity index (χ1n) is 34.3. The molecular weight excluding hydrogens is 1480 g/mol. The Labute approximate surface area is 625 Å². The van der Waals surface area contributed by atoms with Crippen molar-refractivity contribution in [1.82, 2.24) is 70.4 Å². The zero-order valence-electron chi connectivity index (χ0n) is 60.5. The molecule has 36 nitrogen and oxygen atoms in total. The number of H-pyrrole nitrogens is 2. The molecule has 0 spiro atoms. The molecule has 6 amide bonds. The first-order valence-corrected chi connectivity index (χ1v) is 38.9. The van der Waals surface area contributed by atoms with Crippen LogP contribution in [0.4, 0.5) is 11.9 Å². The van der Waals surface area contributed by atoms with Gasteiger partial charge in [-0.15, -0.1) is 0 Å². The number of nitrogens with zero attached hydrogens (tertiary/aromatic N) is 4. The van der Waals surface area contributed by atoms with Crippen LogP contribution >= 0.6 is 0 Å². The van der Waals surface area contributed by atoms with Gasteiger partial charge in [0.15, 0.2) is 11.9 Å². The molecule has 4 aromatic carbocycles. The summed E-state index contributed by atoms with van der Waals surface area (Å²) in [6.07, 6.45) is 8.15. The van der Waals surface area contributed by atoms with Crippen LogP contribution in [0.2, 0.25) is 0 Å². The lowest BCUT2D eigenvalue weighted by atomic mass is 10.1. The van der Waals surface area contributed by atoms with Crippen molar-refractivity contribution in [2.24, 2.45) is 5.73 Å². The summed E-state index contributed by atoms with van der Waals surface area (Å²) < 4.78 is 95.8. The summed E-state index contributed by atoms with van der Waals surface area (Å²) in [4.78, 5) is 149. The zero-order chi connectivity index (χ0) is 79.8. The van der Waals surface area contributed by atoms with Gasteiger partial charge in [0, 0.05) is 107 Å². The molecule has 0 fully saturated rings. The minimum absolute atomic E-state index is 0.00185. The monoisotopic (exact) mass is 1570 g/mol. The standard InChI is InChI=1S/C70H87N17O19S3/c1-8-51(65(94)72-17-9-23-86-35-48(58(89)46-13-11-44(29-55(46)86)31-80-69-74-19-20-75-69)62(91)78-33-52(67(96)97)84-108(103,104)60-40(4)25-38(2)26-41(60)5)82-57(88)16-15-50(71)64(93)83-54(37-107(100,101)102)66(95)73-18-10-24-87-36-49(59(90)47-14-12-45(30-56(47)87)32-81-70-76-21-22-77-70)63(92)79-34-53(68(98)99)85-109(105,106)61-42(6)27-39(3)28-43(61)7/h11-14,19-22,25-30,35-36,50-54,84-85H,8-10,15-18,23-24,31-34,37,71H2,1-7H3,(H,72,94)(H,73,95)(H,78,91)(H,79,92)(H,82,88)(H,83,93)(H,96,97)(H,98,99)(H2,74,75,80)(H2,76,77,81)(H,100,101,102)/t50-,51-,52?,53?,54-/m0/s1. The summed E-state index contributed by atoms with van der Waals surface area (Å²) in [5, 5.41) is 41.2.